The molecule has 12 nitrogen and oxygen atoms in total. The zero-order valence-corrected chi connectivity index (χ0v) is 18.8. The topological polar surface area (TPSA) is 186 Å². The predicted molar refractivity (Wildman–Crippen MR) is 109 cm³/mol. The minimum atomic E-state index is -2.26. The van der Waals surface area contributed by atoms with Crippen molar-refractivity contribution in [3.8, 4) is 0 Å². The molecule has 0 spiro atoms. The first-order valence-electron chi connectivity index (χ1n) is 11.2. The van der Waals surface area contributed by atoms with E-state index in [-0.39, 0.29) is 18.4 Å². The molecule has 0 bridgehead atoms. The molecule has 0 aliphatic carbocycles. The Bertz CT molecular complexity index is 691. The third-order valence-corrected chi connectivity index (χ3v) is 6.56. The second kappa shape index (κ2) is 10.6. The standard InChI is InChI=1S/C21H35NO11/c1-10(2)3-11-4-15(26)22(5-11)9-21(30)19(29)18(13(25)8-31-21)33-20-17(28)16(27)12(6-23)14(7-24)32-20/h6,10-14,16-20,24-25,27-30H,3-5,7-9H2,1-2H3/t11-,12?,13?,14?,16?,17?,18?,19?,20?,21?/m1/s1. The Morgan fingerprint density at radius 2 is 1.94 bits per heavy atom. The summed E-state index contributed by atoms with van der Waals surface area (Å²) in [5.74, 6) is -3.13. The molecule has 3 fully saturated rings. The van der Waals surface area contributed by atoms with Gasteiger partial charge < -0.3 is 54.5 Å². The lowest BCUT2D eigenvalue weighted by atomic mass is 9.90. The molecule has 0 saturated carbocycles. The van der Waals surface area contributed by atoms with Crippen molar-refractivity contribution in [3.63, 3.8) is 0 Å². The van der Waals surface area contributed by atoms with Crippen LogP contribution in [0.1, 0.15) is 26.7 Å². The molecule has 1 amide bonds. The number of carbonyl (C=O) groups excluding carboxylic acids is 2. The van der Waals surface area contributed by atoms with E-state index in [1.165, 1.54) is 4.90 Å². The van der Waals surface area contributed by atoms with Crippen molar-refractivity contribution in [1.82, 2.24) is 4.90 Å². The van der Waals surface area contributed by atoms with E-state index < -0.39 is 67.8 Å². The highest BCUT2D eigenvalue weighted by atomic mass is 16.7. The van der Waals surface area contributed by atoms with Crippen molar-refractivity contribution in [2.24, 2.45) is 17.8 Å². The first kappa shape index (κ1) is 26.4. The number of likely N-dealkylation sites (tertiary alicyclic amines) is 1. The highest BCUT2D eigenvalue weighted by molar-refractivity contribution is 5.78. The number of hydrogen-bond donors (Lipinski definition) is 6. The van der Waals surface area contributed by atoms with Gasteiger partial charge in [0.25, 0.3) is 0 Å². The summed E-state index contributed by atoms with van der Waals surface area (Å²) in [5, 5.41) is 62.1. The lowest BCUT2D eigenvalue weighted by Gasteiger charge is -2.47. The molecular formula is C21H35NO11. The van der Waals surface area contributed by atoms with Gasteiger partial charge in [-0.3, -0.25) is 4.79 Å². The van der Waals surface area contributed by atoms with Crippen molar-refractivity contribution in [3.05, 3.63) is 0 Å². The van der Waals surface area contributed by atoms with Crippen LogP contribution in [-0.2, 0) is 23.8 Å². The fraction of sp³-hybridized carbons (Fsp3) is 0.905. The zero-order chi connectivity index (χ0) is 24.5. The van der Waals surface area contributed by atoms with Gasteiger partial charge in [0, 0.05) is 13.0 Å². The Morgan fingerprint density at radius 1 is 1.24 bits per heavy atom. The van der Waals surface area contributed by atoms with Gasteiger partial charge in [-0.05, 0) is 18.3 Å². The fourth-order valence-electron chi connectivity index (χ4n) is 4.84. The number of aliphatic hydroxyl groups is 6. The number of ether oxygens (including phenoxy) is 3. The summed E-state index contributed by atoms with van der Waals surface area (Å²) < 4.78 is 16.2. The van der Waals surface area contributed by atoms with Crippen LogP contribution in [0.5, 0.6) is 0 Å². The second-order valence-corrected chi connectivity index (χ2v) is 9.66. The van der Waals surface area contributed by atoms with Gasteiger partial charge in [-0.2, -0.15) is 0 Å². The Hall–Kier alpha value is -1.22. The Balaban J connectivity index is 1.70. The number of rotatable bonds is 8. The van der Waals surface area contributed by atoms with Crippen LogP contribution in [0.4, 0.5) is 0 Å². The van der Waals surface area contributed by atoms with Crippen LogP contribution >= 0.6 is 0 Å². The first-order chi connectivity index (χ1) is 15.5. The Morgan fingerprint density at radius 3 is 2.55 bits per heavy atom. The summed E-state index contributed by atoms with van der Waals surface area (Å²) in [5.41, 5.74) is 0. The number of carbonyl (C=O) groups is 2. The van der Waals surface area contributed by atoms with Gasteiger partial charge in [0.15, 0.2) is 6.29 Å². The zero-order valence-electron chi connectivity index (χ0n) is 18.8. The van der Waals surface area contributed by atoms with Crippen LogP contribution in [0.3, 0.4) is 0 Å². The molecule has 3 rings (SSSR count). The summed E-state index contributed by atoms with van der Waals surface area (Å²) in [6.07, 6.45) is -9.44. The molecule has 3 aliphatic heterocycles. The molecule has 3 aliphatic rings. The largest absolute Gasteiger partial charge is 0.394 e. The smallest absolute Gasteiger partial charge is 0.223 e. The number of nitrogens with zero attached hydrogens (tertiary/aromatic N) is 1. The molecule has 6 N–H and O–H groups in total. The quantitative estimate of drug-likeness (QED) is 0.195. The van der Waals surface area contributed by atoms with Crippen LogP contribution < -0.4 is 0 Å². The van der Waals surface area contributed by atoms with E-state index in [4.69, 9.17) is 14.2 Å². The number of amides is 1. The SMILES string of the molecule is CC(C)C[C@@H]1CC(=O)N(CC2(O)OCC(O)C(OC3OC(CO)C(C=O)C(O)C3O)C2O)C1. The Kier molecular flexibility index (Phi) is 8.46. The normalized spacial score (nSPS) is 44.5. The van der Waals surface area contributed by atoms with Crippen LogP contribution in [-0.4, -0.2) is 123 Å². The van der Waals surface area contributed by atoms with Gasteiger partial charge in [0.05, 0.1) is 37.9 Å². The molecular weight excluding hydrogens is 442 g/mol. The van der Waals surface area contributed by atoms with E-state index in [1.54, 1.807) is 0 Å². The van der Waals surface area contributed by atoms with Crippen LogP contribution in [0.15, 0.2) is 0 Å². The van der Waals surface area contributed by atoms with Gasteiger partial charge in [-0.15, -0.1) is 0 Å². The maximum atomic E-state index is 12.4. The van der Waals surface area contributed by atoms with Crippen molar-refractivity contribution in [1.29, 1.82) is 0 Å². The van der Waals surface area contributed by atoms with E-state index in [0.717, 1.165) is 6.42 Å². The van der Waals surface area contributed by atoms with Crippen LogP contribution in [0.2, 0.25) is 0 Å². The van der Waals surface area contributed by atoms with Crippen molar-refractivity contribution >= 4 is 12.2 Å². The monoisotopic (exact) mass is 477 g/mol. The number of aldehydes is 1. The molecule has 0 aromatic heterocycles. The molecule has 12 heteroatoms. The third kappa shape index (κ3) is 5.55. The molecule has 10 atom stereocenters. The highest BCUT2D eigenvalue weighted by Crippen LogP contribution is 2.33. The van der Waals surface area contributed by atoms with Gasteiger partial charge in [-0.1, -0.05) is 13.8 Å². The predicted octanol–water partition coefficient (Wildman–Crippen LogP) is -3.04. The molecule has 3 heterocycles. The van der Waals surface area contributed by atoms with E-state index in [2.05, 4.69) is 13.8 Å². The molecule has 0 radical (unpaired) electrons. The summed E-state index contributed by atoms with van der Waals surface area (Å²) in [4.78, 5) is 25.0. The molecule has 0 aromatic rings. The summed E-state index contributed by atoms with van der Waals surface area (Å²) in [7, 11) is 0. The van der Waals surface area contributed by atoms with E-state index >= 15 is 0 Å². The minimum Gasteiger partial charge on any atom is -0.394 e. The molecule has 3 saturated heterocycles. The number of hydrogen-bond acceptors (Lipinski definition) is 11. The van der Waals surface area contributed by atoms with Gasteiger partial charge in [0.2, 0.25) is 11.7 Å². The second-order valence-electron chi connectivity index (χ2n) is 9.66. The lowest BCUT2D eigenvalue weighted by molar-refractivity contribution is -0.365. The van der Waals surface area contributed by atoms with Gasteiger partial charge in [-0.25, -0.2) is 0 Å². The average Bonchev–Trinajstić information content (AvgIpc) is 3.08. The summed E-state index contributed by atoms with van der Waals surface area (Å²) in [6, 6.07) is 0. The van der Waals surface area contributed by atoms with Crippen molar-refractivity contribution in [2.45, 2.75) is 75.4 Å². The van der Waals surface area contributed by atoms with Gasteiger partial charge >= 0.3 is 0 Å². The van der Waals surface area contributed by atoms with Crippen molar-refractivity contribution < 1.29 is 54.4 Å². The molecule has 9 unspecified atom stereocenters. The van der Waals surface area contributed by atoms with E-state index in [9.17, 15) is 40.2 Å². The lowest BCUT2D eigenvalue weighted by Crippen LogP contribution is -2.67. The highest BCUT2D eigenvalue weighted by Gasteiger charge is 2.54. The minimum absolute atomic E-state index is 0.118. The summed E-state index contributed by atoms with van der Waals surface area (Å²) in [6.45, 7) is 3.05. The fourth-order valence-corrected chi connectivity index (χ4v) is 4.84. The number of β-amino-alcohol motifs (C(OH)–C–C–N with tert-alkyl or cyclic N) is 1. The third-order valence-electron chi connectivity index (χ3n) is 6.56. The maximum Gasteiger partial charge on any atom is 0.223 e. The van der Waals surface area contributed by atoms with Crippen molar-refractivity contribution in [2.75, 3.05) is 26.3 Å². The molecule has 33 heavy (non-hydrogen) atoms. The summed E-state index contributed by atoms with van der Waals surface area (Å²) >= 11 is 0. The maximum absolute atomic E-state index is 12.4. The Labute approximate surface area is 191 Å². The average molecular weight is 478 g/mol. The first-order valence-corrected chi connectivity index (χ1v) is 11.2. The molecule has 190 valence electrons. The van der Waals surface area contributed by atoms with E-state index in [1.807, 2.05) is 0 Å². The van der Waals surface area contributed by atoms with Crippen LogP contribution in [0.25, 0.3) is 0 Å². The number of aliphatic hydroxyl groups excluding tert-OH is 5. The van der Waals surface area contributed by atoms with Gasteiger partial charge in [0.1, 0.15) is 30.7 Å². The molecule has 0 aromatic carbocycles. The van der Waals surface area contributed by atoms with Crippen LogP contribution in [0, 0.1) is 17.8 Å². The van der Waals surface area contributed by atoms with E-state index in [0.29, 0.717) is 25.2 Å².